The molecule has 0 aromatic heterocycles. The normalized spacial score (nSPS) is 29.4. The molecule has 4 rings (SSSR count). The molecule has 1 aromatic rings. The second-order valence-corrected chi connectivity index (χ2v) is 6.83. The highest BCUT2D eigenvalue weighted by molar-refractivity contribution is 5.85. The summed E-state index contributed by atoms with van der Waals surface area (Å²) in [6.07, 6.45) is 6.55. The summed E-state index contributed by atoms with van der Waals surface area (Å²) in [5.41, 5.74) is 3.12. The first kappa shape index (κ1) is 12.9. The van der Waals surface area contributed by atoms with Gasteiger partial charge in [-0.05, 0) is 44.7 Å². The van der Waals surface area contributed by atoms with E-state index in [4.69, 9.17) is 9.73 Å². The highest BCUT2D eigenvalue weighted by Gasteiger charge is 2.58. The van der Waals surface area contributed by atoms with E-state index < -0.39 is 5.72 Å². The minimum atomic E-state index is -0.493. The number of hydrogen-bond acceptors (Lipinski definition) is 3. The van der Waals surface area contributed by atoms with E-state index in [1.165, 1.54) is 24.1 Å². The van der Waals surface area contributed by atoms with Gasteiger partial charge in [-0.2, -0.15) is 0 Å². The van der Waals surface area contributed by atoms with E-state index >= 15 is 0 Å². The maximum Gasteiger partial charge on any atom is 0.228 e. The number of aliphatic imine (C=N–C) groups is 1. The lowest BCUT2D eigenvalue weighted by atomic mass is 9.77. The number of likely N-dealkylation sites (N-methyl/N-ethyl adjacent to an activating group) is 1. The first-order valence-corrected chi connectivity index (χ1v) is 7.86. The van der Waals surface area contributed by atoms with Gasteiger partial charge >= 0.3 is 0 Å². The van der Waals surface area contributed by atoms with Gasteiger partial charge in [0.15, 0.2) is 0 Å². The van der Waals surface area contributed by atoms with Gasteiger partial charge in [-0.3, -0.25) is 4.99 Å². The van der Waals surface area contributed by atoms with E-state index in [2.05, 4.69) is 50.1 Å². The number of fused-ring (bicyclic) bond motifs is 1. The molecule has 110 valence electrons. The van der Waals surface area contributed by atoms with Crippen molar-refractivity contribution < 1.29 is 4.74 Å². The summed E-state index contributed by atoms with van der Waals surface area (Å²) in [6, 6.07) is 8.59. The SMILES string of the molecule is CN1c2ccccc2C(C)(C)C12C=NC1=C(CCCC1)O2. The number of hydrogen-bond donors (Lipinski definition) is 0. The minimum Gasteiger partial charge on any atom is -0.464 e. The van der Waals surface area contributed by atoms with Crippen molar-refractivity contribution in [3.63, 3.8) is 0 Å². The van der Waals surface area contributed by atoms with Crippen molar-refractivity contribution >= 4 is 11.9 Å². The second kappa shape index (κ2) is 4.12. The van der Waals surface area contributed by atoms with Gasteiger partial charge in [0.05, 0.1) is 17.3 Å². The van der Waals surface area contributed by atoms with Gasteiger partial charge in [0.25, 0.3) is 0 Å². The first-order chi connectivity index (χ1) is 10.1. The Morgan fingerprint density at radius 3 is 2.71 bits per heavy atom. The van der Waals surface area contributed by atoms with Crippen molar-refractivity contribution in [2.75, 3.05) is 11.9 Å². The van der Waals surface area contributed by atoms with Gasteiger partial charge in [-0.15, -0.1) is 0 Å². The number of ether oxygens (including phenoxy) is 1. The molecule has 0 radical (unpaired) electrons. The second-order valence-electron chi connectivity index (χ2n) is 6.83. The maximum atomic E-state index is 6.61. The number of anilines is 1. The predicted molar refractivity (Wildman–Crippen MR) is 85.7 cm³/mol. The number of nitrogens with zero attached hydrogens (tertiary/aromatic N) is 2. The summed E-state index contributed by atoms with van der Waals surface area (Å²) in [4.78, 5) is 7.06. The van der Waals surface area contributed by atoms with Crippen LogP contribution in [-0.2, 0) is 10.2 Å². The van der Waals surface area contributed by atoms with Crippen LogP contribution in [0.2, 0.25) is 0 Å². The van der Waals surface area contributed by atoms with Crippen LogP contribution in [0, 0.1) is 0 Å². The van der Waals surface area contributed by atoms with Crippen LogP contribution in [0.25, 0.3) is 0 Å². The predicted octanol–water partition coefficient (Wildman–Crippen LogP) is 4.00. The monoisotopic (exact) mass is 282 g/mol. The minimum absolute atomic E-state index is 0.127. The Morgan fingerprint density at radius 1 is 1.14 bits per heavy atom. The Balaban J connectivity index is 1.84. The smallest absolute Gasteiger partial charge is 0.228 e. The molecular weight excluding hydrogens is 260 g/mol. The van der Waals surface area contributed by atoms with E-state index in [9.17, 15) is 0 Å². The third kappa shape index (κ3) is 1.52. The largest absolute Gasteiger partial charge is 0.464 e. The molecule has 1 aliphatic carbocycles. The van der Waals surface area contributed by atoms with Crippen molar-refractivity contribution in [3.8, 4) is 0 Å². The Labute approximate surface area is 126 Å². The van der Waals surface area contributed by atoms with Gasteiger partial charge in [-0.1, -0.05) is 18.2 Å². The fourth-order valence-corrected chi connectivity index (χ4v) is 4.02. The van der Waals surface area contributed by atoms with Crippen molar-refractivity contribution in [2.45, 2.75) is 50.7 Å². The zero-order valence-electron chi connectivity index (χ0n) is 13.0. The topological polar surface area (TPSA) is 24.8 Å². The Hall–Kier alpha value is -1.77. The zero-order chi connectivity index (χ0) is 14.7. The molecule has 2 heterocycles. The third-order valence-corrected chi connectivity index (χ3v) is 5.40. The van der Waals surface area contributed by atoms with Crippen LogP contribution in [0.15, 0.2) is 40.7 Å². The van der Waals surface area contributed by atoms with Gasteiger partial charge in [0, 0.05) is 19.2 Å². The molecule has 2 aliphatic heterocycles. The molecule has 3 nitrogen and oxygen atoms in total. The molecular formula is C18H22N2O. The molecule has 0 amide bonds. The average Bonchev–Trinajstić information content (AvgIpc) is 2.67. The fourth-order valence-electron chi connectivity index (χ4n) is 4.02. The van der Waals surface area contributed by atoms with Crippen LogP contribution in [0.5, 0.6) is 0 Å². The van der Waals surface area contributed by atoms with Crippen LogP contribution in [0.1, 0.15) is 45.1 Å². The molecule has 0 fully saturated rings. The lowest BCUT2D eigenvalue weighted by Gasteiger charge is -2.46. The summed E-state index contributed by atoms with van der Waals surface area (Å²) in [5, 5.41) is 0. The summed E-state index contributed by atoms with van der Waals surface area (Å²) < 4.78 is 6.61. The Morgan fingerprint density at radius 2 is 1.90 bits per heavy atom. The lowest BCUT2D eigenvalue weighted by Crippen LogP contribution is -2.58. The van der Waals surface area contributed by atoms with Crippen LogP contribution < -0.4 is 4.90 Å². The van der Waals surface area contributed by atoms with Crippen LogP contribution in [0.4, 0.5) is 5.69 Å². The molecule has 0 saturated heterocycles. The van der Waals surface area contributed by atoms with E-state index in [1.807, 2.05) is 6.21 Å². The molecule has 0 N–H and O–H groups in total. The fraction of sp³-hybridized carbons (Fsp3) is 0.500. The molecule has 3 heteroatoms. The molecule has 1 aromatic carbocycles. The summed E-state index contributed by atoms with van der Waals surface area (Å²) in [5.74, 6) is 1.11. The summed E-state index contributed by atoms with van der Waals surface area (Å²) in [7, 11) is 2.12. The van der Waals surface area contributed by atoms with E-state index in [0.717, 1.165) is 24.3 Å². The van der Waals surface area contributed by atoms with Gasteiger partial charge in [0.1, 0.15) is 5.76 Å². The van der Waals surface area contributed by atoms with Crippen molar-refractivity contribution in [2.24, 2.45) is 4.99 Å². The number of para-hydroxylation sites is 1. The van der Waals surface area contributed by atoms with Gasteiger partial charge < -0.3 is 9.64 Å². The van der Waals surface area contributed by atoms with E-state index in [1.54, 1.807) is 0 Å². The Kier molecular flexibility index (Phi) is 2.54. The van der Waals surface area contributed by atoms with Crippen LogP contribution >= 0.6 is 0 Å². The molecule has 0 bridgehead atoms. The van der Waals surface area contributed by atoms with Gasteiger partial charge in [0.2, 0.25) is 5.72 Å². The molecule has 1 atom stereocenters. The van der Waals surface area contributed by atoms with Crippen molar-refractivity contribution in [1.29, 1.82) is 0 Å². The summed E-state index contributed by atoms with van der Waals surface area (Å²) in [6.45, 7) is 4.52. The van der Waals surface area contributed by atoms with E-state index in [-0.39, 0.29) is 5.41 Å². The average molecular weight is 282 g/mol. The molecule has 3 aliphatic rings. The quantitative estimate of drug-likeness (QED) is 0.718. The van der Waals surface area contributed by atoms with Crippen molar-refractivity contribution in [1.82, 2.24) is 0 Å². The van der Waals surface area contributed by atoms with Crippen molar-refractivity contribution in [3.05, 3.63) is 41.3 Å². The highest BCUT2D eigenvalue weighted by Crippen LogP contribution is 2.53. The first-order valence-electron chi connectivity index (χ1n) is 7.86. The third-order valence-electron chi connectivity index (χ3n) is 5.40. The maximum absolute atomic E-state index is 6.61. The Bertz CT molecular complexity index is 659. The number of allylic oxidation sites excluding steroid dienone is 2. The van der Waals surface area contributed by atoms with Crippen LogP contribution in [0.3, 0.4) is 0 Å². The molecule has 1 spiro atoms. The summed E-state index contributed by atoms with van der Waals surface area (Å²) >= 11 is 0. The number of rotatable bonds is 0. The zero-order valence-corrected chi connectivity index (χ0v) is 13.0. The van der Waals surface area contributed by atoms with Crippen LogP contribution in [-0.4, -0.2) is 19.0 Å². The molecule has 21 heavy (non-hydrogen) atoms. The standard InChI is InChI=1S/C18H22N2O/c1-17(2)13-8-4-6-10-15(13)20(3)18(17)12-19-14-9-5-7-11-16(14)21-18/h4,6,8,10,12H,5,7,9,11H2,1-3H3. The lowest BCUT2D eigenvalue weighted by molar-refractivity contribution is 0.00705. The number of benzene rings is 1. The highest BCUT2D eigenvalue weighted by atomic mass is 16.5. The van der Waals surface area contributed by atoms with E-state index in [0.29, 0.717) is 0 Å². The molecule has 0 saturated carbocycles. The molecule has 1 unspecified atom stereocenters. The van der Waals surface area contributed by atoms with Gasteiger partial charge in [-0.25, -0.2) is 0 Å².